The Morgan fingerprint density at radius 2 is 2.16 bits per heavy atom. The minimum absolute atomic E-state index is 0.0302. The molecule has 19 heavy (non-hydrogen) atoms. The Balaban J connectivity index is 1.94. The molecule has 1 aliphatic carbocycles. The molecule has 1 aromatic rings. The van der Waals surface area contributed by atoms with Crippen molar-refractivity contribution in [2.45, 2.75) is 31.2 Å². The molecule has 0 N–H and O–H groups in total. The maximum atomic E-state index is 12.5. The van der Waals surface area contributed by atoms with Gasteiger partial charge in [0, 0.05) is 30.6 Å². The standard InChI is InChI=1S/C13H14F2N2O2/c14-12(15)7-16-6-9-5-10(17(18)19)1-2-11(9)13(8-16)3-4-13/h1-2,5,12H,3-4,6-8H2. The number of nitro groups is 1. The van der Waals surface area contributed by atoms with E-state index in [1.165, 1.54) is 12.1 Å². The number of hydrogen-bond donors (Lipinski definition) is 0. The molecule has 4 nitrogen and oxygen atoms in total. The van der Waals surface area contributed by atoms with Gasteiger partial charge in [0.05, 0.1) is 11.5 Å². The zero-order valence-corrected chi connectivity index (χ0v) is 10.3. The van der Waals surface area contributed by atoms with Crippen LogP contribution in [0.4, 0.5) is 14.5 Å². The monoisotopic (exact) mass is 268 g/mol. The highest BCUT2D eigenvalue weighted by Gasteiger charge is 2.49. The smallest absolute Gasteiger partial charge is 0.269 e. The maximum absolute atomic E-state index is 12.5. The van der Waals surface area contributed by atoms with E-state index in [9.17, 15) is 18.9 Å². The molecule has 0 radical (unpaired) electrons. The highest BCUT2D eigenvalue weighted by molar-refractivity contribution is 5.47. The van der Waals surface area contributed by atoms with Crippen LogP contribution in [-0.4, -0.2) is 29.3 Å². The predicted octanol–water partition coefficient (Wildman–Crippen LogP) is 2.71. The Morgan fingerprint density at radius 3 is 2.74 bits per heavy atom. The summed E-state index contributed by atoms with van der Waals surface area (Å²) in [6.45, 7) is 0.759. The first-order valence-electron chi connectivity index (χ1n) is 6.28. The largest absolute Gasteiger partial charge is 0.293 e. The quantitative estimate of drug-likeness (QED) is 0.625. The van der Waals surface area contributed by atoms with E-state index in [-0.39, 0.29) is 17.6 Å². The van der Waals surface area contributed by atoms with Gasteiger partial charge in [-0.05, 0) is 24.0 Å². The Kier molecular flexibility index (Phi) is 2.78. The van der Waals surface area contributed by atoms with E-state index in [1.54, 1.807) is 11.0 Å². The lowest BCUT2D eigenvalue weighted by Crippen LogP contribution is -2.40. The SMILES string of the molecule is O=[N+]([O-])c1ccc2c(c1)CN(CC(F)F)CC21CC1. The normalized spacial score (nSPS) is 20.6. The van der Waals surface area contributed by atoms with Crippen LogP contribution in [0.1, 0.15) is 24.0 Å². The van der Waals surface area contributed by atoms with Crippen LogP contribution in [0, 0.1) is 10.1 Å². The molecule has 6 heteroatoms. The summed E-state index contributed by atoms with van der Waals surface area (Å²) in [5, 5.41) is 10.8. The van der Waals surface area contributed by atoms with Crippen molar-refractivity contribution < 1.29 is 13.7 Å². The molecule has 1 fully saturated rings. The zero-order valence-electron chi connectivity index (χ0n) is 10.3. The van der Waals surface area contributed by atoms with Crippen molar-refractivity contribution in [3.8, 4) is 0 Å². The number of alkyl halides is 2. The second-order valence-corrected chi connectivity index (χ2v) is 5.44. The van der Waals surface area contributed by atoms with Crippen LogP contribution in [0.3, 0.4) is 0 Å². The van der Waals surface area contributed by atoms with Crippen LogP contribution < -0.4 is 0 Å². The van der Waals surface area contributed by atoms with Crippen molar-refractivity contribution in [2.24, 2.45) is 0 Å². The molecule has 0 amide bonds. The zero-order chi connectivity index (χ0) is 13.6. The Hall–Kier alpha value is -1.56. The van der Waals surface area contributed by atoms with Gasteiger partial charge in [0.2, 0.25) is 0 Å². The molecule has 0 aromatic heterocycles. The van der Waals surface area contributed by atoms with Crippen molar-refractivity contribution in [3.05, 3.63) is 39.4 Å². The number of hydrogen-bond acceptors (Lipinski definition) is 3. The molecule has 0 saturated heterocycles. The third-order valence-corrected chi connectivity index (χ3v) is 4.04. The van der Waals surface area contributed by atoms with Crippen LogP contribution in [0.25, 0.3) is 0 Å². The summed E-state index contributed by atoms with van der Waals surface area (Å²) in [5.41, 5.74) is 1.95. The number of fused-ring (bicyclic) bond motifs is 2. The fourth-order valence-corrected chi connectivity index (χ4v) is 3.05. The molecule has 1 saturated carbocycles. The Labute approximate surface area is 109 Å². The van der Waals surface area contributed by atoms with Crippen LogP contribution in [0.2, 0.25) is 0 Å². The third kappa shape index (κ3) is 2.20. The molecular weight excluding hydrogens is 254 g/mol. The molecule has 0 bridgehead atoms. The van der Waals surface area contributed by atoms with Gasteiger partial charge in [-0.25, -0.2) is 8.78 Å². The van der Waals surface area contributed by atoms with Crippen LogP contribution in [-0.2, 0) is 12.0 Å². The van der Waals surface area contributed by atoms with E-state index in [0.29, 0.717) is 13.1 Å². The van der Waals surface area contributed by atoms with Gasteiger partial charge in [-0.15, -0.1) is 0 Å². The first-order chi connectivity index (χ1) is 9.00. The summed E-state index contributed by atoms with van der Waals surface area (Å²) in [7, 11) is 0. The van der Waals surface area contributed by atoms with Gasteiger partial charge in [-0.2, -0.15) is 0 Å². The number of halogens is 2. The van der Waals surface area contributed by atoms with E-state index >= 15 is 0 Å². The van der Waals surface area contributed by atoms with Gasteiger partial charge in [0.1, 0.15) is 0 Å². The van der Waals surface area contributed by atoms with Gasteiger partial charge in [-0.3, -0.25) is 15.0 Å². The van der Waals surface area contributed by atoms with Gasteiger partial charge in [0.25, 0.3) is 12.1 Å². The summed E-state index contributed by atoms with van der Waals surface area (Å²) in [6, 6.07) is 4.86. The van der Waals surface area contributed by atoms with E-state index < -0.39 is 11.3 Å². The van der Waals surface area contributed by atoms with E-state index in [1.807, 2.05) is 0 Å². The van der Waals surface area contributed by atoms with E-state index in [0.717, 1.165) is 24.0 Å². The molecule has 2 aliphatic rings. The van der Waals surface area contributed by atoms with Gasteiger partial charge >= 0.3 is 0 Å². The van der Waals surface area contributed by atoms with Crippen molar-refractivity contribution in [3.63, 3.8) is 0 Å². The molecule has 1 spiro atoms. The second kappa shape index (κ2) is 4.23. The highest BCUT2D eigenvalue weighted by Crippen LogP contribution is 2.52. The fourth-order valence-electron chi connectivity index (χ4n) is 3.05. The summed E-state index contributed by atoms with van der Waals surface area (Å²) in [4.78, 5) is 12.1. The van der Waals surface area contributed by atoms with E-state index in [2.05, 4.69) is 0 Å². The van der Waals surface area contributed by atoms with Crippen LogP contribution in [0.5, 0.6) is 0 Å². The average molecular weight is 268 g/mol. The number of nitrogens with zero attached hydrogens (tertiary/aromatic N) is 2. The number of nitro benzene ring substituents is 1. The van der Waals surface area contributed by atoms with Crippen molar-refractivity contribution in [1.29, 1.82) is 0 Å². The molecule has 0 atom stereocenters. The summed E-state index contributed by atoms with van der Waals surface area (Å²) in [5.74, 6) is 0. The molecule has 0 unspecified atom stereocenters. The Morgan fingerprint density at radius 1 is 1.42 bits per heavy atom. The lowest BCUT2D eigenvalue weighted by molar-refractivity contribution is -0.385. The first kappa shape index (κ1) is 12.5. The van der Waals surface area contributed by atoms with Gasteiger partial charge in [0.15, 0.2) is 0 Å². The fraction of sp³-hybridized carbons (Fsp3) is 0.538. The predicted molar refractivity (Wildman–Crippen MR) is 65.3 cm³/mol. The third-order valence-electron chi connectivity index (χ3n) is 4.04. The number of rotatable bonds is 3. The lowest BCUT2D eigenvalue weighted by Gasteiger charge is -2.34. The topological polar surface area (TPSA) is 46.4 Å². The molecular formula is C13H14F2N2O2. The highest BCUT2D eigenvalue weighted by atomic mass is 19.3. The summed E-state index contributed by atoms with van der Waals surface area (Å²) < 4.78 is 25.1. The lowest BCUT2D eigenvalue weighted by atomic mass is 9.86. The Bertz CT molecular complexity index is 529. The number of non-ortho nitro benzene ring substituents is 1. The molecule has 102 valence electrons. The summed E-state index contributed by atoms with van der Waals surface area (Å²) >= 11 is 0. The summed E-state index contributed by atoms with van der Waals surface area (Å²) in [6.07, 6.45) is -0.397. The molecule has 1 aliphatic heterocycles. The molecule has 1 heterocycles. The maximum Gasteiger partial charge on any atom is 0.269 e. The molecule has 1 aromatic carbocycles. The average Bonchev–Trinajstić information content (AvgIpc) is 3.07. The minimum atomic E-state index is -2.36. The van der Waals surface area contributed by atoms with Crippen molar-refractivity contribution in [2.75, 3.05) is 13.1 Å². The minimum Gasteiger partial charge on any atom is -0.293 e. The van der Waals surface area contributed by atoms with E-state index in [4.69, 9.17) is 0 Å². The van der Waals surface area contributed by atoms with Crippen LogP contribution >= 0.6 is 0 Å². The van der Waals surface area contributed by atoms with Crippen molar-refractivity contribution in [1.82, 2.24) is 4.90 Å². The van der Waals surface area contributed by atoms with Gasteiger partial charge < -0.3 is 0 Å². The van der Waals surface area contributed by atoms with Crippen LogP contribution in [0.15, 0.2) is 18.2 Å². The van der Waals surface area contributed by atoms with Crippen molar-refractivity contribution >= 4 is 5.69 Å². The first-order valence-corrected chi connectivity index (χ1v) is 6.28. The number of benzene rings is 1. The van der Waals surface area contributed by atoms with Gasteiger partial charge in [-0.1, -0.05) is 6.07 Å². The second-order valence-electron chi connectivity index (χ2n) is 5.44. The molecule has 3 rings (SSSR count).